The van der Waals surface area contributed by atoms with Crippen LogP contribution in [-0.2, 0) is 15.9 Å². The normalized spacial score (nSPS) is 25.6. The highest BCUT2D eigenvalue weighted by Crippen LogP contribution is 2.39. The molecule has 1 aliphatic carbocycles. The molecular formula is C26H24ClFN6O5. The van der Waals surface area contributed by atoms with E-state index in [1.54, 1.807) is 18.5 Å². The number of hydrogen-bond acceptors (Lipinski definition) is 10. The first-order valence-corrected chi connectivity index (χ1v) is 12.9. The highest BCUT2D eigenvalue weighted by Gasteiger charge is 2.48. The Kier molecular flexibility index (Phi) is 5.99. The number of ether oxygens (including phenoxy) is 4. The lowest BCUT2D eigenvalue weighted by molar-refractivity contribution is 0.00706. The lowest BCUT2D eigenvalue weighted by atomic mass is 10.0. The summed E-state index contributed by atoms with van der Waals surface area (Å²) in [5.41, 5.74) is 3.89. The average Bonchev–Trinajstić information content (AvgIpc) is 3.71. The number of methoxy groups -OCH3 is 1. The van der Waals surface area contributed by atoms with Crippen molar-refractivity contribution in [3.05, 3.63) is 52.6 Å². The third-order valence-corrected chi connectivity index (χ3v) is 7.66. The van der Waals surface area contributed by atoms with Crippen LogP contribution in [0.2, 0.25) is 5.02 Å². The number of nitrogens with zero attached hydrogens (tertiary/aromatic N) is 4. The average molecular weight is 555 g/mol. The molecule has 13 heteroatoms. The van der Waals surface area contributed by atoms with Gasteiger partial charge in [-0.15, -0.1) is 0 Å². The second kappa shape index (κ2) is 9.56. The van der Waals surface area contributed by atoms with Crippen molar-refractivity contribution >= 4 is 28.6 Å². The first-order chi connectivity index (χ1) is 19.0. The lowest BCUT2D eigenvalue weighted by Gasteiger charge is -2.17. The fraction of sp³-hybridized carbons (Fsp3) is 0.385. The van der Waals surface area contributed by atoms with E-state index in [4.69, 9.17) is 30.5 Å². The summed E-state index contributed by atoms with van der Waals surface area (Å²) in [6, 6.07) is 5.35. The summed E-state index contributed by atoms with van der Waals surface area (Å²) in [7, 11) is 1.49. The SMILES string of the molecule is COc1ncc(-c2cc(F)c3c(c2)CC[C@@H]3Nc2nc3nc(O[C@@H]4CO[C@H]5[C@@H]4OC[C@H]5O)[nH]c3cc2Cl)cn1. The first kappa shape index (κ1) is 24.5. The number of H-pyrrole nitrogens is 1. The van der Waals surface area contributed by atoms with Gasteiger partial charge in [-0.1, -0.05) is 17.7 Å². The number of anilines is 1. The topological polar surface area (TPSA) is 137 Å². The Hall–Kier alpha value is -3.58. The number of fused-ring (bicyclic) bond motifs is 3. The molecule has 202 valence electrons. The summed E-state index contributed by atoms with van der Waals surface area (Å²) in [5, 5.41) is 13.6. The summed E-state index contributed by atoms with van der Waals surface area (Å²) in [6.07, 6.45) is 2.75. The van der Waals surface area contributed by atoms with Gasteiger partial charge < -0.3 is 34.4 Å². The van der Waals surface area contributed by atoms with Crippen molar-refractivity contribution in [2.45, 2.75) is 43.3 Å². The number of benzene rings is 1. The summed E-state index contributed by atoms with van der Waals surface area (Å²) in [6.45, 7) is 0.494. The van der Waals surface area contributed by atoms with E-state index in [2.05, 4.69) is 30.2 Å². The number of aromatic amines is 1. The molecule has 2 fully saturated rings. The van der Waals surface area contributed by atoms with Crippen LogP contribution in [0.25, 0.3) is 22.3 Å². The number of rotatable bonds is 6. The molecule has 1 aromatic carbocycles. The van der Waals surface area contributed by atoms with Gasteiger partial charge in [0.05, 0.1) is 36.9 Å². The van der Waals surface area contributed by atoms with Crippen molar-refractivity contribution in [3.63, 3.8) is 0 Å². The Morgan fingerprint density at radius 3 is 2.74 bits per heavy atom. The van der Waals surface area contributed by atoms with Crippen molar-refractivity contribution in [2.75, 3.05) is 25.6 Å². The van der Waals surface area contributed by atoms with Crippen molar-refractivity contribution in [2.24, 2.45) is 0 Å². The zero-order valence-corrected chi connectivity index (χ0v) is 21.5. The molecule has 3 aliphatic rings. The van der Waals surface area contributed by atoms with Crippen molar-refractivity contribution in [1.29, 1.82) is 0 Å². The van der Waals surface area contributed by atoms with Crippen molar-refractivity contribution in [3.8, 4) is 23.1 Å². The van der Waals surface area contributed by atoms with Crippen LogP contribution in [0.4, 0.5) is 10.2 Å². The maximum absolute atomic E-state index is 15.4. The van der Waals surface area contributed by atoms with E-state index in [1.807, 2.05) is 6.07 Å². The van der Waals surface area contributed by atoms with E-state index in [-0.39, 0.29) is 43.2 Å². The maximum atomic E-state index is 15.4. The van der Waals surface area contributed by atoms with Gasteiger partial charge >= 0.3 is 6.01 Å². The van der Waals surface area contributed by atoms with E-state index in [9.17, 15) is 5.11 Å². The lowest BCUT2D eigenvalue weighted by Crippen LogP contribution is -2.34. The Bertz CT molecular complexity index is 1550. The summed E-state index contributed by atoms with van der Waals surface area (Å²) >= 11 is 6.55. The van der Waals surface area contributed by atoms with Gasteiger partial charge in [0.1, 0.15) is 29.9 Å². The first-order valence-electron chi connectivity index (χ1n) is 12.6. The number of halogens is 2. The van der Waals surface area contributed by atoms with Gasteiger partial charge in [-0.2, -0.15) is 4.98 Å². The molecule has 11 nitrogen and oxygen atoms in total. The van der Waals surface area contributed by atoms with E-state index >= 15 is 4.39 Å². The molecule has 39 heavy (non-hydrogen) atoms. The van der Waals surface area contributed by atoms with E-state index in [0.29, 0.717) is 51.5 Å². The summed E-state index contributed by atoms with van der Waals surface area (Å²) < 4.78 is 37.6. The molecule has 0 radical (unpaired) electrons. The molecule has 3 aromatic heterocycles. The van der Waals surface area contributed by atoms with Crippen LogP contribution in [0.15, 0.2) is 30.6 Å². The fourth-order valence-corrected chi connectivity index (χ4v) is 5.71. The number of nitrogens with one attached hydrogen (secondary N) is 2. The van der Waals surface area contributed by atoms with Gasteiger partial charge in [0.2, 0.25) is 0 Å². The second-order valence-electron chi connectivity index (χ2n) is 9.78. The summed E-state index contributed by atoms with van der Waals surface area (Å²) in [5.74, 6) is 0.0796. The molecule has 7 rings (SSSR count). The molecule has 3 N–H and O–H groups in total. The molecule has 2 aliphatic heterocycles. The van der Waals surface area contributed by atoms with Crippen LogP contribution in [0.5, 0.6) is 12.0 Å². The van der Waals surface area contributed by atoms with E-state index in [0.717, 1.165) is 5.56 Å². The molecule has 5 atom stereocenters. The van der Waals surface area contributed by atoms with Crippen LogP contribution < -0.4 is 14.8 Å². The van der Waals surface area contributed by atoms with Gasteiger partial charge in [0.25, 0.3) is 6.01 Å². The second-order valence-corrected chi connectivity index (χ2v) is 10.2. The van der Waals surface area contributed by atoms with Crippen molar-refractivity contribution < 1.29 is 28.4 Å². The van der Waals surface area contributed by atoms with Gasteiger partial charge in [0.15, 0.2) is 11.8 Å². The number of aromatic nitrogens is 5. The molecular weight excluding hydrogens is 531 g/mol. The third kappa shape index (κ3) is 4.33. The minimum absolute atomic E-state index is 0.212. The highest BCUT2D eigenvalue weighted by molar-refractivity contribution is 6.33. The highest BCUT2D eigenvalue weighted by atomic mass is 35.5. The van der Waals surface area contributed by atoms with E-state index in [1.165, 1.54) is 13.2 Å². The molecule has 5 heterocycles. The zero-order valence-electron chi connectivity index (χ0n) is 20.7. The molecule has 0 saturated carbocycles. The van der Waals surface area contributed by atoms with Crippen LogP contribution in [0.3, 0.4) is 0 Å². The predicted molar refractivity (Wildman–Crippen MR) is 137 cm³/mol. The van der Waals surface area contributed by atoms with Gasteiger partial charge in [0, 0.05) is 23.5 Å². The summed E-state index contributed by atoms with van der Waals surface area (Å²) in [4.78, 5) is 20.3. The van der Waals surface area contributed by atoms with Gasteiger partial charge in [-0.25, -0.2) is 19.3 Å². The fourth-order valence-electron chi connectivity index (χ4n) is 5.50. The van der Waals surface area contributed by atoms with Crippen LogP contribution >= 0.6 is 11.6 Å². The Morgan fingerprint density at radius 2 is 1.92 bits per heavy atom. The maximum Gasteiger partial charge on any atom is 0.316 e. The number of imidazole rings is 1. The quantitative estimate of drug-likeness (QED) is 0.326. The molecule has 0 amide bonds. The van der Waals surface area contributed by atoms with Gasteiger partial charge in [-0.05, 0) is 36.1 Å². The number of hydrogen-bond donors (Lipinski definition) is 3. The van der Waals surface area contributed by atoms with Gasteiger partial charge in [-0.3, -0.25) is 0 Å². The Morgan fingerprint density at radius 1 is 1.10 bits per heavy atom. The Labute approximate surface area is 226 Å². The van der Waals surface area contributed by atoms with Crippen LogP contribution in [0.1, 0.15) is 23.6 Å². The largest absolute Gasteiger partial charge is 0.467 e. The van der Waals surface area contributed by atoms with Crippen LogP contribution in [0, 0.1) is 5.82 Å². The molecule has 4 aromatic rings. The monoisotopic (exact) mass is 554 g/mol. The van der Waals surface area contributed by atoms with E-state index < -0.39 is 18.3 Å². The molecule has 0 unspecified atom stereocenters. The third-order valence-electron chi connectivity index (χ3n) is 7.37. The Balaban J connectivity index is 1.11. The minimum atomic E-state index is -0.665. The standard InChI is InChI=1S/C26H24ClFN6O5/c1-36-25-29-7-13(8-30-25)12-4-11-2-3-16(20(11)15(28)5-12)31-23-14(27)6-17-24(33-23)34-26(32-17)39-19-10-38-21-18(35)9-37-22(19)21/h4-8,16,18-19,21-22,35H,2-3,9-10H2,1H3,(H2,31,32,33,34)/t16-,18+,19+,21+,22+/m0/s1. The number of aliphatic hydroxyl groups excluding tert-OH is 1. The predicted octanol–water partition coefficient (Wildman–Crippen LogP) is 3.22. The van der Waals surface area contributed by atoms with Crippen LogP contribution in [-0.4, -0.2) is 74.8 Å². The van der Waals surface area contributed by atoms with Crippen molar-refractivity contribution in [1.82, 2.24) is 24.9 Å². The molecule has 2 saturated heterocycles. The number of aliphatic hydroxyl groups is 1. The molecule has 0 bridgehead atoms. The number of pyridine rings is 1. The molecule has 0 spiro atoms. The minimum Gasteiger partial charge on any atom is -0.467 e. The smallest absolute Gasteiger partial charge is 0.316 e. The number of aryl methyl sites for hydroxylation is 1. The zero-order chi connectivity index (χ0) is 26.7.